The van der Waals surface area contributed by atoms with Crippen LogP contribution in [0.1, 0.15) is 12.0 Å². The van der Waals surface area contributed by atoms with Crippen LogP contribution in [0, 0.1) is 12.8 Å². The van der Waals surface area contributed by atoms with Gasteiger partial charge in [-0.3, -0.25) is 0 Å². The Kier molecular flexibility index (Phi) is 3.49. The van der Waals surface area contributed by atoms with E-state index in [0.29, 0.717) is 0 Å². The summed E-state index contributed by atoms with van der Waals surface area (Å²) >= 11 is 1.99. The zero-order valence-corrected chi connectivity index (χ0v) is 9.44. The lowest BCUT2D eigenvalue weighted by atomic mass is 10.2. The maximum Gasteiger partial charge on any atom is 0.00722 e. The summed E-state index contributed by atoms with van der Waals surface area (Å²) in [7, 11) is 0. The zero-order chi connectivity index (χ0) is 9.80. The Morgan fingerprint density at radius 3 is 2.79 bits per heavy atom. The molecule has 76 valence electrons. The van der Waals surface area contributed by atoms with Gasteiger partial charge in [-0.05, 0) is 44.5 Å². The highest BCUT2D eigenvalue weighted by Gasteiger charge is 2.13. The van der Waals surface area contributed by atoms with E-state index in [1.54, 1.807) is 0 Å². The molecule has 1 aliphatic heterocycles. The van der Waals surface area contributed by atoms with Crippen LogP contribution in [0.15, 0.2) is 29.2 Å². The van der Waals surface area contributed by atoms with Crippen molar-refractivity contribution in [3.63, 3.8) is 0 Å². The minimum absolute atomic E-state index is 0.876. The van der Waals surface area contributed by atoms with Gasteiger partial charge in [0, 0.05) is 10.6 Å². The van der Waals surface area contributed by atoms with Crippen LogP contribution < -0.4 is 5.32 Å². The van der Waals surface area contributed by atoms with Gasteiger partial charge >= 0.3 is 0 Å². The minimum atomic E-state index is 0.876. The Hall–Kier alpha value is -0.470. The molecule has 1 aromatic carbocycles. The molecule has 0 aliphatic carbocycles. The molecular formula is C12H17NS. The summed E-state index contributed by atoms with van der Waals surface area (Å²) in [6.45, 7) is 4.55. The first-order valence-electron chi connectivity index (χ1n) is 5.25. The molecule has 0 saturated carbocycles. The summed E-state index contributed by atoms with van der Waals surface area (Å²) in [6.07, 6.45) is 1.35. The fourth-order valence-electron chi connectivity index (χ4n) is 1.71. The predicted octanol–water partition coefficient (Wildman–Crippen LogP) is 2.70. The molecule has 0 radical (unpaired) electrons. The third-order valence-electron chi connectivity index (χ3n) is 2.67. The number of benzene rings is 1. The molecule has 0 amide bonds. The van der Waals surface area contributed by atoms with Crippen LogP contribution in [0.3, 0.4) is 0 Å². The van der Waals surface area contributed by atoms with Gasteiger partial charge in [-0.1, -0.05) is 17.7 Å². The lowest BCUT2D eigenvalue weighted by Crippen LogP contribution is -2.10. The number of thioether (sulfide) groups is 1. The molecule has 0 bridgehead atoms. The van der Waals surface area contributed by atoms with Crippen LogP contribution in [-0.2, 0) is 0 Å². The van der Waals surface area contributed by atoms with E-state index in [2.05, 4.69) is 36.5 Å². The summed E-state index contributed by atoms with van der Waals surface area (Å²) in [5.74, 6) is 2.14. The first kappa shape index (κ1) is 10.1. The van der Waals surface area contributed by atoms with E-state index in [-0.39, 0.29) is 0 Å². The number of aryl methyl sites for hydroxylation is 1. The molecule has 2 heteroatoms. The second-order valence-electron chi connectivity index (χ2n) is 3.98. The third-order valence-corrected chi connectivity index (χ3v) is 3.91. The van der Waals surface area contributed by atoms with Gasteiger partial charge in [-0.15, -0.1) is 11.8 Å². The van der Waals surface area contributed by atoms with Crippen LogP contribution in [0.25, 0.3) is 0 Å². The number of rotatable bonds is 3. The standard InChI is InChI=1S/C12H17NS/c1-10-2-4-12(5-3-10)14-9-11-6-7-13-8-11/h2-5,11,13H,6-9H2,1H3. The van der Waals surface area contributed by atoms with Crippen molar-refractivity contribution >= 4 is 11.8 Å². The van der Waals surface area contributed by atoms with Crippen LogP contribution in [0.5, 0.6) is 0 Å². The van der Waals surface area contributed by atoms with E-state index in [9.17, 15) is 0 Å². The van der Waals surface area contributed by atoms with Crippen molar-refractivity contribution in [2.45, 2.75) is 18.2 Å². The molecule has 0 aromatic heterocycles. The van der Waals surface area contributed by atoms with E-state index < -0.39 is 0 Å². The van der Waals surface area contributed by atoms with Crippen molar-refractivity contribution in [1.82, 2.24) is 5.32 Å². The van der Waals surface area contributed by atoms with Gasteiger partial charge in [0.1, 0.15) is 0 Å². The van der Waals surface area contributed by atoms with Gasteiger partial charge < -0.3 is 5.32 Å². The minimum Gasteiger partial charge on any atom is -0.316 e. The molecule has 0 spiro atoms. The SMILES string of the molecule is Cc1ccc(SCC2CCNC2)cc1. The van der Waals surface area contributed by atoms with Crippen LogP contribution in [0.4, 0.5) is 0 Å². The summed E-state index contributed by atoms with van der Waals surface area (Å²) in [4.78, 5) is 1.41. The highest BCUT2D eigenvalue weighted by atomic mass is 32.2. The molecule has 1 unspecified atom stereocenters. The molecule has 1 atom stereocenters. The number of hydrogen-bond acceptors (Lipinski definition) is 2. The molecule has 1 N–H and O–H groups in total. The molecule has 2 rings (SSSR count). The van der Waals surface area contributed by atoms with Crippen molar-refractivity contribution in [1.29, 1.82) is 0 Å². The van der Waals surface area contributed by atoms with Gasteiger partial charge in [0.05, 0.1) is 0 Å². The van der Waals surface area contributed by atoms with Gasteiger partial charge in [-0.2, -0.15) is 0 Å². The second kappa shape index (κ2) is 4.85. The maximum atomic E-state index is 3.40. The Balaban J connectivity index is 1.82. The van der Waals surface area contributed by atoms with Gasteiger partial charge in [-0.25, -0.2) is 0 Å². The predicted molar refractivity (Wildman–Crippen MR) is 62.9 cm³/mol. The summed E-state index contributed by atoms with van der Waals surface area (Å²) in [5, 5.41) is 3.40. The van der Waals surface area contributed by atoms with E-state index in [1.165, 1.54) is 35.7 Å². The highest BCUT2D eigenvalue weighted by Crippen LogP contribution is 2.23. The van der Waals surface area contributed by atoms with Crippen molar-refractivity contribution in [3.05, 3.63) is 29.8 Å². The molecule has 1 heterocycles. The zero-order valence-electron chi connectivity index (χ0n) is 8.62. The summed E-state index contributed by atoms with van der Waals surface area (Å²) in [5.41, 5.74) is 1.34. The Morgan fingerprint density at radius 2 is 2.14 bits per heavy atom. The van der Waals surface area contributed by atoms with Gasteiger partial charge in [0.2, 0.25) is 0 Å². The molecule has 1 saturated heterocycles. The van der Waals surface area contributed by atoms with Gasteiger partial charge in [0.15, 0.2) is 0 Å². The van der Waals surface area contributed by atoms with Crippen LogP contribution in [0.2, 0.25) is 0 Å². The fourth-order valence-corrected chi connectivity index (χ4v) is 2.75. The largest absolute Gasteiger partial charge is 0.316 e. The molecule has 1 aromatic rings. The first-order valence-corrected chi connectivity index (χ1v) is 6.23. The quantitative estimate of drug-likeness (QED) is 0.765. The maximum absolute atomic E-state index is 3.40. The Bertz CT molecular complexity index is 275. The smallest absolute Gasteiger partial charge is 0.00722 e. The van der Waals surface area contributed by atoms with E-state index >= 15 is 0 Å². The molecule has 1 fully saturated rings. The van der Waals surface area contributed by atoms with E-state index in [4.69, 9.17) is 0 Å². The third kappa shape index (κ3) is 2.76. The van der Waals surface area contributed by atoms with Gasteiger partial charge in [0.25, 0.3) is 0 Å². The highest BCUT2D eigenvalue weighted by molar-refractivity contribution is 7.99. The number of hydrogen-bond donors (Lipinski definition) is 1. The second-order valence-corrected chi connectivity index (χ2v) is 5.08. The summed E-state index contributed by atoms with van der Waals surface area (Å²) < 4.78 is 0. The number of nitrogens with one attached hydrogen (secondary N) is 1. The molecular weight excluding hydrogens is 190 g/mol. The van der Waals surface area contributed by atoms with E-state index in [1.807, 2.05) is 11.8 Å². The fraction of sp³-hybridized carbons (Fsp3) is 0.500. The van der Waals surface area contributed by atoms with E-state index in [0.717, 1.165) is 5.92 Å². The first-order chi connectivity index (χ1) is 6.84. The molecule has 1 nitrogen and oxygen atoms in total. The summed E-state index contributed by atoms with van der Waals surface area (Å²) in [6, 6.07) is 8.83. The van der Waals surface area contributed by atoms with Crippen LogP contribution >= 0.6 is 11.8 Å². The Morgan fingerprint density at radius 1 is 1.36 bits per heavy atom. The molecule has 1 aliphatic rings. The van der Waals surface area contributed by atoms with Crippen molar-refractivity contribution in [2.24, 2.45) is 5.92 Å². The van der Waals surface area contributed by atoms with Crippen molar-refractivity contribution < 1.29 is 0 Å². The lowest BCUT2D eigenvalue weighted by molar-refractivity contribution is 0.663. The monoisotopic (exact) mass is 207 g/mol. The van der Waals surface area contributed by atoms with Crippen molar-refractivity contribution in [2.75, 3.05) is 18.8 Å². The molecule has 14 heavy (non-hydrogen) atoms. The topological polar surface area (TPSA) is 12.0 Å². The van der Waals surface area contributed by atoms with Crippen LogP contribution in [-0.4, -0.2) is 18.8 Å². The van der Waals surface area contributed by atoms with Crippen molar-refractivity contribution in [3.8, 4) is 0 Å². The lowest BCUT2D eigenvalue weighted by Gasteiger charge is -2.07. The normalized spacial score (nSPS) is 21.4. The average molecular weight is 207 g/mol. The average Bonchev–Trinajstić information content (AvgIpc) is 2.70. The Labute approximate surface area is 90.3 Å².